The molecule has 0 atom stereocenters. The number of hydrogen-bond acceptors (Lipinski definition) is 3. The van der Waals surface area contributed by atoms with Crippen LogP contribution in [0, 0.1) is 0 Å². The molecule has 0 aromatic heterocycles. The first-order chi connectivity index (χ1) is 12.1. The number of halogens is 2. The molecule has 1 amide bonds. The molecule has 1 aliphatic rings. The second-order valence-electron chi connectivity index (χ2n) is 5.99. The van der Waals surface area contributed by atoms with Crippen molar-refractivity contribution in [2.75, 3.05) is 38.2 Å². The Morgan fingerprint density at radius 1 is 1.00 bits per heavy atom. The summed E-state index contributed by atoms with van der Waals surface area (Å²) in [6.07, 6.45) is 0.413. The fraction of sp³-hybridized carbons (Fsp3) is 0.316. The molecule has 0 unspecified atom stereocenters. The first-order valence-electron chi connectivity index (χ1n) is 8.17. The Bertz CT molecular complexity index is 742. The van der Waals surface area contributed by atoms with E-state index < -0.39 is 0 Å². The first kappa shape index (κ1) is 17.9. The highest BCUT2D eigenvalue weighted by molar-refractivity contribution is 6.42. The molecule has 132 valence electrons. The van der Waals surface area contributed by atoms with E-state index in [0.29, 0.717) is 29.6 Å². The Hall–Kier alpha value is -1.91. The topological polar surface area (TPSA) is 32.8 Å². The monoisotopic (exact) mass is 378 g/mol. The van der Waals surface area contributed by atoms with E-state index in [2.05, 4.69) is 4.90 Å². The van der Waals surface area contributed by atoms with Crippen molar-refractivity contribution < 1.29 is 9.53 Å². The van der Waals surface area contributed by atoms with E-state index in [-0.39, 0.29) is 5.91 Å². The van der Waals surface area contributed by atoms with Gasteiger partial charge in [0.15, 0.2) is 0 Å². The van der Waals surface area contributed by atoms with Crippen molar-refractivity contribution in [1.82, 2.24) is 4.90 Å². The summed E-state index contributed by atoms with van der Waals surface area (Å²) in [5.41, 5.74) is 2.04. The maximum Gasteiger partial charge on any atom is 0.227 e. The summed E-state index contributed by atoms with van der Waals surface area (Å²) in [5.74, 6) is 0.949. The Kier molecular flexibility index (Phi) is 5.71. The van der Waals surface area contributed by atoms with E-state index in [0.717, 1.165) is 30.1 Å². The van der Waals surface area contributed by atoms with Gasteiger partial charge in [-0.25, -0.2) is 0 Å². The van der Waals surface area contributed by atoms with Crippen LogP contribution < -0.4 is 9.64 Å². The second kappa shape index (κ2) is 7.98. The third-order valence-corrected chi connectivity index (χ3v) is 5.15. The number of anilines is 1. The van der Waals surface area contributed by atoms with Crippen molar-refractivity contribution in [2.45, 2.75) is 6.42 Å². The fourth-order valence-electron chi connectivity index (χ4n) is 2.93. The molecule has 1 fully saturated rings. The summed E-state index contributed by atoms with van der Waals surface area (Å²) in [4.78, 5) is 16.6. The SMILES string of the molecule is COc1ccc(CC(=O)N2CCN(c3ccc(Cl)c(Cl)c3)CC2)cc1. The van der Waals surface area contributed by atoms with Gasteiger partial charge in [0.1, 0.15) is 5.75 Å². The van der Waals surface area contributed by atoms with E-state index in [9.17, 15) is 4.79 Å². The molecule has 25 heavy (non-hydrogen) atoms. The molecule has 4 nitrogen and oxygen atoms in total. The lowest BCUT2D eigenvalue weighted by Gasteiger charge is -2.36. The zero-order valence-electron chi connectivity index (χ0n) is 14.0. The van der Waals surface area contributed by atoms with Crippen LogP contribution >= 0.6 is 23.2 Å². The van der Waals surface area contributed by atoms with E-state index in [1.54, 1.807) is 13.2 Å². The summed E-state index contributed by atoms with van der Waals surface area (Å²) in [6, 6.07) is 13.3. The predicted octanol–water partition coefficient (Wildman–Crippen LogP) is 3.89. The third-order valence-electron chi connectivity index (χ3n) is 4.42. The normalized spacial score (nSPS) is 14.5. The van der Waals surface area contributed by atoms with Gasteiger partial charge in [-0.15, -0.1) is 0 Å². The van der Waals surface area contributed by atoms with Crippen LogP contribution in [0.3, 0.4) is 0 Å². The van der Waals surface area contributed by atoms with Crippen LogP contribution in [0.1, 0.15) is 5.56 Å². The van der Waals surface area contributed by atoms with Crippen molar-refractivity contribution in [3.05, 3.63) is 58.1 Å². The van der Waals surface area contributed by atoms with Gasteiger partial charge in [-0.2, -0.15) is 0 Å². The Morgan fingerprint density at radius 3 is 2.28 bits per heavy atom. The standard InChI is InChI=1S/C19H20Cl2N2O2/c1-25-16-5-2-14(3-6-16)12-19(24)23-10-8-22(9-11-23)15-4-7-17(20)18(21)13-15/h2-7,13H,8-12H2,1H3. The molecule has 6 heteroatoms. The fourth-order valence-corrected chi connectivity index (χ4v) is 3.22. The van der Waals surface area contributed by atoms with Crippen molar-refractivity contribution in [1.29, 1.82) is 0 Å². The lowest BCUT2D eigenvalue weighted by molar-refractivity contribution is -0.130. The van der Waals surface area contributed by atoms with Crippen molar-refractivity contribution in [3.8, 4) is 5.75 Å². The molecule has 0 saturated carbocycles. The molecular weight excluding hydrogens is 359 g/mol. The molecule has 0 aliphatic carbocycles. The van der Waals surface area contributed by atoms with Crippen molar-refractivity contribution in [2.24, 2.45) is 0 Å². The number of methoxy groups -OCH3 is 1. The first-order valence-corrected chi connectivity index (χ1v) is 8.93. The smallest absolute Gasteiger partial charge is 0.227 e. The Balaban J connectivity index is 1.55. The van der Waals surface area contributed by atoms with Crippen molar-refractivity contribution >= 4 is 34.8 Å². The highest BCUT2D eigenvalue weighted by atomic mass is 35.5. The van der Waals surface area contributed by atoms with Crippen LogP contribution in [0.25, 0.3) is 0 Å². The minimum Gasteiger partial charge on any atom is -0.497 e. The molecule has 1 aliphatic heterocycles. The molecule has 2 aromatic rings. The molecule has 2 aromatic carbocycles. The summed E-state index contributed by atoms with van der Waals surface area (Å²) in [7, 11) is 1.63. The van der Waals surface area contributed by atoms with Crippen molar-refractivity contribution in [3.63, 3.8) is 0 Å². The van der Waals surface area contributed by atoms with Crippen LogP contribution in [0.4, 0.5) is 5.69 Å². The van der Waals surface area contributed by atoms with E-state index in [4.69, 9.17) is 27.9 Å². The lowest BCUT2D eigenvalue weighted by Crippen LogP contribution is -2.49. The van der Waals surface area contributed by atoms with Gasteiger partial charge in [0, 0.05) is 31.9 Å². The third kappa shape index (κ3) is 4.39. The number of piperazine rings is 1. The minimum atomic E-state index is 0.152. The number of carbonyl (C=O) groups excluding carboxylic acids is 1. The maximum absolute atomic E-state index is 12.5. The van der Waals surface area contributed by atoms with Gasteiger partial charge in [-0.3, -0.25) is 4.79 Å². The van der Waals surface area contributed by atoms with E-state index >= 15 is 0 Å². The summed E-state index contributed by atoms with van der Waals surface area (Å²) in [5, 5.41) is 1.11. The van der Waals surface area contributed by atoms with Crippen LogP contribution in [0.5, 0.6) is 5.75 Å². The zero-order valence-corrected chi connectivity index (χ0v) is 15.6. The number of hydrogen-bond donors (Lipinski definition) is 0. The molecule has 0 spiro atoms. The van der Waals surface area contributed by atoms with E-state index in [1.807, 2.05) is 41.3 Å². The van der Waals surface area contributed by atoms with Gasteiger partial charge in [-0.05, 0) is 35.9 Å². The summed E-state index contributed by atoms with van der Waals surface area (Å²) in [6.45, 7) is 2.98. The molecule has 3 rings (SSSR count). The van der Waals surface area contributed by atoms with Gasteiger partial charge in [0.25, 0.3) is 0 Å². The lowest BCUT2D eigenvalue weighted by atomic mass is 10.1. The number of benzene rings is 2. The molecule has 1 heterocycles. The minimum absolute atomic E-state index is 0.152. The predicted molar refractivity (Wildman–Crippen MR) is 102 cm³/mol. The summed E-state index contributed by atoms with van der Waals surface area (Å²) >= 11 is 12.1. The molecule has 0 radical (unpaired) electrons. The molecule has 0 N–H and O–H groups in total. The van der Waals surface area contributed by atoms with Crippen LogP contribution in [0.15, 0.2) is 42.5 Å². The number of carbonyl (C=O) groups is 1. The van der Waals surface area contributed by atoms with Gasteiger partial charge < -0.3 is 14.5 Å². The Morgan fingerprint density at radius 2 is 1.68 bits per heavy atom. The number of ether oxygens (including phenoxy) is 1. The van der Waals surface area contributed by atoms with Crippen LogP contribution in [-0.2, 0) is 11.2 Å². The number of nitrogens with zero attached hydrogens (tertiary/aromatic N) is 2. The highest BCUT2D eigenvalue weighted by Gasteiger charge is 2.21. The molecule has 1 saturated heterocycles. The number of amides is 1. The quantitative estimate of drug-likeness (QED) is 0.808. The average molecular weight is 379 g/mol. The van der Waals surface area contributed by atoms with Crippen LogP contribution in [0.2, 0.25) is 10.0 Å². The van der Waals surface area contributed by atoms with Gasteiger partial charge in [-0.1, -0.05) is 35.3 Å². The second-order valence-corrected chi connectivity index (χ2v) is 6.81. The zero-order chi connectivity index (χ0) is 17.8. The number of rotatable bonds is 4. The average Bonchev–Trinajstić information content (AvgIpc) is 2.65. The van der Waals surface area contributed by atoms with Crippen LogP contribution in [-0.4, -0.2) is 44.1 Å². The van der Waals surface area contributed by atoms with Gasteiger partial charge in [0.2, 0.25) is 5.91 Å². The largest absolute Gasteiger partial charge is 0.497 e. The Labute approximate surface area is 157 Å². The molecule has 0 bridgehead atoms. The van der Waals surface area contributed by atoms with E-state index in [1.165, 1.54) is 0 Å². The maximum atomic E-state index is 12.5. The highest BCUT2D eigenvalue weighted by Crippen LogP contribution is 2.27. The summed E-state index contributed by atoms with van der Waals surface area (Å²) < 4.78 is 5.14. The van der Waals surface area contributed by atoms with Gasteiger partial charge in [0.05, 0.1) is 23.6 Å². The molecular formula is C19H20Cl2N2O2. The van der Waals surface area contributed by atoms with Gasteiger partial charge >= 0.3 is 0 Å².